The summed E-state index contributed by atoms with van der Waals surface area (Å²) in [6, 6.07) is 15.8. The molecule has 1 aliphatic carbocycles. The second-order valence-corrected chi connectivity index (χ2v) is 12.3. The Balaban J connectivity index is 1.81. The van der Waals surface area contributed by atoms with E-state index >= 15 is 0 Å². The summed E-state index contributed by atoms with van der Waals surface area (Å²) in [4.78, 5) is 12.7. The third kappa shape index (κ3) is 9.55. The van der Waals surface area contributed by atoms with Crippen LogP contribution in [0.25, 0.3) is 0 Å². The molecule has 3 rings (SSSR count). The average Bonchev–Trinajstić information content (AvgIpc) is 3.01. The maximum Gasteiger partial charge on any atom is 0.148 e. The summed E-state index contributed by atoms with van der Waals surface area (Å²) in [5.41, 5.74) is 6.55. The Morgan fingerprint density at radius 1 is 0.905 bits per heavy atom. The summed E-state index contributed by atoms with van der Waals surface area (Å²) in [5.74, 6) is 1.95. The molecular formula is C36H47IO5. The molecule has 1 aliphatic rings. The zero-order chi connectivity index (χ0) is 30.5. The minimum atomic E-state index is -0.271. The Morgan fingerprint density at radius 3 is 2.05 bits per heavy atom. The zero-order valence-electron chi connectivity index (χ0n) is 26.1. The van der Waals surface area contributed by atoms with E-state index in [0.717, 1.165) is 72.2 Å². The lowest BCUT2D eigenvalue weighted by Crippen LogP contribution is -2.41. The first kappa shape index (κ1) is 34.1. The summed E-state index contributed by atoms with van der Waals surface area (Å²) in [6.07, 6.45) is 7.99. The Kier molecular flexibility index (Phi) is 13.8. The molecule has 6 heteroatoms. The van der Waals surface area contributed by atoms with Gasteiger partial charge in [-0.05, 0) is 102 Å². The highest BCUT2D eigenvalue weighted by molar-refractivity contribution is 14.1. The number of ether oxygens (including phenoxy) is 4. The fraction of sp³-hybridized carbons (Fsp3) is 0.472. The molecule has 3 atom stereocenters. The van der Waals surface area contributed by atoms with Crippen molar-refractivity contribution in [3.05, 3.63) is 92.1 Å². The summed E-state index contributed by atoms with van der Waals surface area (Å²) in [7, 11) is 3.32. The number of halogens is 1. The zero-order valence-corrected chi connectivity index (χ0v) is 28.2. The molecule has 0 amide bonds. The van der Waals surface area contributed by atoms with E-state index in [9.17, 15) is 4.79 Å². The molecule has 0 bridgehead atoms. The fourth-order valence-corrected chi connectivity index (χ4v) is 5.86. The van der Waals surface area contributed by atoms with E-state index in [0.29, 0.717) is 25.7 Å². The SMILES string of the molecule is COc1ccc(COCC2=C(C=O)[C@H](OCc3ccc(OC)cc3)C[C@@H](C)[C@]2(C)CC/C(C)=C/CC/C(C)=C/I)cc1. The fourth-order valence-electron chi connectivity index (χ4n) is 5.55. The molecular weight excluding hydrogens is 639 g/mol. The van der Waals surface area contributed by atoms with Gasteiger partial charge < -0.3 is 18.9 Å². The lowest BCUT2D eigenvalue weighted by Gasteiger charge is -2.45. The molecule has 0 saturated heterocycles. The van der Waals surface area contributed by atoms with E-state index in [1.807, 2.05) is 48.5 Å². The summed E-state index contributed by atoms with van der Waals surface area (Å²) in [6.45, 7) is 10.3. The van der Waals surface area contributed by atoms with Crippen molar-refractivity contribution in [2.45, 2.75) is 79.1 Å². The van der Waals surface area contributed by atoms with E-state index in [4.69, 9.17) is 18.9 Å². The molecule has 0 aromatic heterocycles. The van der Waals surface area contributed by atoms with Gasteiger partial charge in [0.1, 0.15) is 17.8 Å². The number of hydrogen-bond donors (Lipinski definition) is 0. The number of allylic oxidation sites excluding steroid dienone is 3. The predicted octanol–water partition coefficient (Wildman–Crippen LogP) is 9.19. The van der Waals surface area contributed by atoms with Crippen molar-refractivity contribution in [1.29, 1.82) is 0 Å². The van der Waals surface area contributed by atoms with Crippen molar-refractivity contribution in [3.63, 3.8) is 0 Å². The monoisotopic (exact) mass is 686 g/mol. The molecule has 0 unspecified atom stereocenters. The average molecular weight is 687 g/mol. The number of rotatable bonds is 16. The van der Waals surface area contributed by atoms with Crippen LogP contribution in [0, 0.1) is 11.3 Å². The normalized spacial score (nSPS) is 21.4. The molecule has 0 fully saturated rings. The second kappa shape index (κ2) is 17.0. The van der Waals surface area contributed by atoms with Crippen molar-refractivity contribution >= 4 is 28.9 Å². The van der Waals surface area contributed by atoms with Crippen LogP contribution in [0.4, 0.5) is 0 Å². The molecule has 5 nitrogen and oxygen atoms in total. The van der Waals surface area contributed by atoms with Crippen LogP contribution in [0.15, 0.2) is 81.0 Å². The minimum Gasteiger partial charge on any atom is -0.497 e. The minimum absolute atomic E-state index is 0.177. The molecule has 0 saturated carbocycles. The molecule has 0 heterocycles. The summed E-state index contributed by atoms with van der Waals surface area (Å²) >= 11 is 2.31. The summed E-state index contributed by atoms with van der Waals surface area (Å²) in [5, 5.41) is 0. The van der Waals surface area contributed by atoms with E-state index in [-0.39, 0.29) is 11.5 Å². The number of hydrogen-bond acceptors (Lipinski definition) is 5. The van der Waals surface area contributed by atoms with Gasteiger partial charge in [-0.25, -0.2) is 0 Å². The van der Waals surface area contributed by atoms with Gasteiger partial charge in [-0.15, -0.1) is 0 Å². The quantitative estimate of drug-likeness (QED) is 0.100. The van der Waals surface area contributed by atoms with Crippen molar-refractivity contribution in [2.24, 2.45) is 11.3 Å². The van der Waals surface area contributed by atoms with Crippen molar-refractivity contribution in [2.75, 3.05) is 20.8 Å². The van der Waals surface area contributed by atoms with Crippen LogP contribution in [0.5, 0.6) is 11.5 Å². The first-order valence-electron chi connectivity index (χ1n) is 14.8. The lowest BCUT2D eigenvalue weighted by atomic mass is 9.62. The van der Waals surface area contributed by atoms with E-state index in [1.165, 1.54) is 11.1 Å². The Morgan fingerprint density at radius 2 is 1.50 bits per heavy atom. The van der Waals surface area contributed by atoms with Gasteiger partial charge in [-0.2, -0.15) is 0 Å². The third-order valence-electron chi connectivity index (χ3n) is 8.71. The maximum absolute atomic E-state index is 12.7. The maximum atomic E-state index is 12.7. The molecule has 2 aromatic carbocycles. The molecule has 2 aromatic rings. The van der Waals surface area contributed by atoms with Gasteiger partial charge in [0, 0.05) is 5.57 Å². The molecule has 228 valence electrons. The number of aldehydes is 1. The first-order valence-corrected chi connectivity index (χ1v) is 16.0. The Labute approximate surface area is 266 Å². The first-order chi connectivity index (χ1) is 20.2. The summed E-state index contributed by atoms with van der Waals surface area (Å²) < 4.78 is 25.5. The van der Waals surface area contributed by atoms with Crippen LogP contribution in [0.2, 0.25) is 0 Å². The number of carbonyl (C=O) groups excluding carboxylic acids is 1. The third-order valence-corrected chi connectivity index (χ3v) is 9.77. The predicted molar refractivity (Wildman–Crippen MR) is 179 cm³/mol. The van der Waals surface area contributed by atoms with Gasteiger partial charge in [-0.1, -0.05) is 77.9 Å². The van der Waals surface area contributed by atoms with Gasteiger partial charge in [0.15, 0.2) is 0 Å². The molecule has 0 N–H and O–H groups in total. The van der Waals surface area contributed by atoms with E-state index < -0.39 is 0 Å². The number of methoxy groups -OCH3 is 2. The smallest absolute Gasteiger partial charge is 0.148 e. The molecule has 0 spiro atoms. The van der Waals surface area contributed by atoms with Gasteiger partial charge in [-0.3, -0.25) is 4.79 Å². The highest BCUT2D eigenvalue weighted by atomic mass is 127. The van der Waals surface area contributed by atoms with Crippen LogP contribution in [0.1, 0.15) is 70.9 Å². The van der Waals surface area contributed by atoms with Crippen LogP contribution in [-0.2, 0) is 27.5 Å². The van der Waals surface area contributed by atoms with E-state index in [2.05, 4.69) is 60.4 Å². The Bertz CT molecular complexity index is 1230. The van der Waals surface area contributed by atoms with Crippen molar-refractivity contribution in [3.8, 4) is 11.5 Å². The topological polar surface area (TPSA) is 54.0 Å². The van der Waals surface area contributed by atoms with Gasteiger partial charge in [0.25, 0.3) is 0 Å². The van der Waals surface area contributed by atoms with Crippen LogP contribution >= 0.6 is 22.6 Å². The van der Waals surface area contributed by atoms with Crippen molar-refractivity contribution < 1.29 is 23.7 Å². The standard InChI is InChI=1S/C36H47IO5/c1-26(8-7-9-27(2)21-37)18-19-36(4)28(3)20-35(42-24-30-12-16-32(40-6)17-13-30)33(22-38)34(36)25-41-23-29-10-14-31(39-5)15-11-29/h8,10-17,21-22,28,35H,7,9,18-20,23-25H2,1-6H3/b26-8+,27-21+/t28-,35-,36+/m1/s1. The Hall–Kier alpha value is -2.42. The van der Waals surface area contributed by atoms with Gasteiger partial charge >= 0.3 is 0 Å². The highest BCUT2D eigenvalue weighted by Gasteiger charge is 2.43. The van der Waals surface area contributed by atoms with Gasteiger partial charge in [0.2, 0.25) is 0 Å². The molecule has 0 aliphatic heterocycles. The van der Waals surface area contributed by atoms with Crippen LogP contribution in [-0.4, -0.2) is 33.2 Å². The van der Waals surface area contributed by atoms with Crippen molar-refractivity contribution in [1.82, 2.24) is 0 Å². The number of benzene rings is 2. The van der Waals surface area contributed by atoms with Crippen LogP contribution in [0.3, 0.4) is 0 Å². The molecule has 0 radical (unpaired) electrons. The second-order valence-electron chi connectivity index (χ2n) is 11.6. The van der Waals surface area contributed by atoms with Gasteiger partial charge in [0.05, 0.1) is 40.1 Å². The lowest BCUT2D eigenvalue weighted by molar-refractivity contribution is -0.107. The number of carbonyl (C=O) groups is 1. The molecule has 42 heavy (non-hydrogen) atoms. The largest absolute Gasteiger partial charge is 0.497 e. The van der Waals surface area contributed by atoms with Crippen LogP contribution < -0.4 is 9.47 Å². The van der Waals surface area contributed by atoms with E-state index in [1.54, 1.807) is 14.2 Å². The highest BCUT2D eigenvalue weighted by Crippen LogP contribution is 2.49.